The second-order valence-electron chi connectivity index (χ2n) is 2.92. The number of carboxylic acids is 1. The first-order valence-corrected chi connectivity index (χ1v) is 5.38. The van der Waals surface area contributed by atoms with Crippen molar-refractivity contribution in [2.24, 2.45) is 0 Å². The molecule has 0 bridgehead atoms. The molecule has 1 aromatic rings. The molecule has 0 fully saturated rings. The summed E-state index contributed by atoms with van der Waals surface area (Å²) < 4.78 is 1.79. The maximum absolute atomic E-state index is 10.8. The molecular weight excluding hydrogens is 214 g/mol. The van der Waals surface area contributed by atoms with E-state index < -0.39 is 5.97 Å². The summed E-state index contributed by atoms with van der Waals surface area (Å²) in [6.07, 6.45) is 2.51. The van der Waals surface area contributed by atoms with Gasteiger partial charge in [-0.1, -0.05) is 11.9 Å². The van der Waals surface area contributed by atoms with Crippen LogP contribution in [0.1, 0.15) is 20.7 Å². The monoisotopic (exact) mass is 225 g/mol. The van der Waals surface area contributed by atoms with Crippen molar-refractivity contribution in [3.05, 3.63) is 29.3 Å². The fourth-order valence-corrected chi connectivity index (χ4v) is 1.43. The van der Waals surface area contributed by atoms with E-state index in [1.165, 1.54) is 24.1 Å². The van der Waals surface area contributed by atoms with Gasteiger partial charge in [-0.2, -0.15) is 0 Å². The van der Waals surface area contributed by atoms with Crippen molar-refractivity contribution < 1.29 is 14.7 Å². The largest absolute Gasteiger partial charge is 0.478 e. The van der Waals surface area contributed by atoms with Crippen molar-refractivity contribution in [2.75, 3.05) is 17.6 Å². The number of nitrogens with zero attached hydrogens (tertiary/aromatic N) is 1. The Bertz CT molecular complexity index is 392. The van der Waals surface area contributed by atoms with Crippen LogP contribution in [-0.4, -0.2) is 30.7 Å². The third kappa shape index (κ3) is 2.73. The number of aromatic carboxylic acids is 1. The molecule has 1 aromatic carbocycles. The van der Waals surface area contributed by atoms with Crippen LogP contribution < -0.4 is 4.31 Å². The summed E-state index contributed by atoms with van der Waals surface area (Å²) in [4.78, 5) is 21.4. The van der Waals surface area contributed by atoms with Gasteiger partial charge in [-0.3, -0.25) is 4.79 Å². The van der Waals surface area contributed by atoms with Crippen LogP contribution in [0.2, 0.25) is 0 Å². The van der Waals surface area contributed by atoms with Crippen molar-refractivity contribution in [3.8, 4) is 0 Å². The summed E-state index contributed by atoms with van der Waals surface area (Å²) in [6, 6.07) is 4.54. The zero-order chi connectivity index (χ0) is 11.4. The van der Waals surface area contributed by atoms with Crippen LogP contribution in [0.25, 0.3) is 0 Å². The standard InChI is InChI=1S/C10H11NO3S/c1-11(15-2)9-4-7(6-12)3-8(5-9)10(13)14/h3-6H,1-2H3,(H,13,14). The summed E-state index contributed by atoms with van der Waals surface area (Å²) in [5, 5.41) is 8.84. The van der Waals surface area contributed by atoms with Crippen LogP contribution in [-0.2, 0) is 0 Å². The zero-order valence-electron chi connectivity index (χ0n) is 8.43. The Morgan fingerprint density at radius 2 is 2.13 bits per heavy atom. The van der Waals surface area contributed by atoms with Gasteiger partial charge in [-0.05, 0) is 18.2 Å². The Morgan fingerprint density at radius 3 is 2.60 bits per heavy atom. The second kappa shape index (κ2) is 4.84. The van der Waals surface area contributed by atoms with Crippen LogP contribution >= 0.6 is 11.9 Å². The molecule has 0 saturated heterocycles. The highest BCUT2D eigenvalue weighted by Crippen LogP contribution is 2.21. The summed E-state index contributed by atoms with van der Waals surface area (Å²) in [5.74, 6) is -1.03. The van der Waals surface area contributed by atoms with E-state index in [0.29, 0.717) is 17.5 Å². The highest BCUT2D eigenvalue weighted by molar-refractivity contribution is 7.99. The van der Waals surface area contributed by atoms with Crippen LogP contribution in [0.15, 0.2) is 18.2 Å². The lowest BCUT2D eigenvalue weighted by Gasteiger charge is -2.16. The Hall–Kier alpha value is -1.49. The average molecular weight is 225 g/mol. The normalized spacial score (nSPS) is 9.73. The topological polar surface area (TPSA) is 57.6 Å². The molecule has 5 heteroatoms. The highest BCUT2D eigenvalue weighted by Gasteiger charge is 2.08. The number of benzene rings is 1. The number of rotatable bonds is 4. The fraction of sp³-hybridized carbons (Fsp3) is 0.200. The van der Waals surface area contributed by atoms with Gasteiger partial charge in [-0.25, -0.2) is 4.79 Å². The molecule has 1 rings (SSSR count). The maximum atomic E-state index is 10.8. The molecule has 0 unspecified atom stereocenters. The third-order valence-electron chi connectivity index (χ3n) is 1.96. The van der Waals surface area contributed by atoms with E-state index in [1.807, 2.05) is 6.26 Å². The first-order chi connectivity index (χ1) is 7.08. The van der Waals surface area contributed by atoms with E-state index in [-0.39, 0.29) is 5.56 Å². The van der Waals surface area contributed by atoms with Crippen molar-refractivity contribution in [1.82, 2.24) is 0 Å². The molecule has 1 N–H and O–H groups in total. The summed E-state index contributed by atoms with van der Waals surface area (Å²) in [6.45, 7) is 0. The van der Waals surface area contributed by atoms with Gasteiger partial charge < -0.3 is 9.41 Å². The number of anilines is 1. The minimum absolute atomic E-state index is 0.121. The lowest BCUT2D eigenvalue weighted by molar-refractivity contribution is 0.0697. The lowest BCUT2D eigenvalue weighted by atomic mass is 10.1. The minimum atomic E-state index is -1.03. The zero-order valence-corrected chi connectivity index (χ0v) is 9.25. The van der Waals surface area contributed by atoms with E-state index in [1.54, 1.807) is 17.4 Å². The quantitative estimate of drug-likeness (QED) is 0.626. The molecule has 0 heterocycles. The summed E-state index contributed by atoms with van der Waals surface area (Å²) >= 11 is 1.44. The average Bonchev–Trinajstić information content (AvgIpc) is 2.27. The van der Waals surface area contributed by atoms with Crippen LogP contribution in [0.3, 0.4) is 0 Å². The number of carbonyl (C=O) groups excluding carboxylic acids is 1. The molecule has 0 atom stereocenters. The Kier molecular flexibility index (Phi) is 3.74. The molecule has 0 saturated carbocycles. The van der Waals surface area contributed by atoms with Crippen molar-refractivity contribution >= 4 is 29.9 Å². The second-order valence-corrected chi connectivity index (χ2v) is 3.83. The molecule has 0 radical (unpaired) electrons. The summed E-state index contributed by atoms with van der Waals surface area (Å²) in [5.41, 5.74) is 1.19. The maximum Gasteiger partial charge on any atom is 0.335 e. The highest BCUT2D eigenvalue weighted by atomic mass is 32.2. The molecular formula is C10H11NO3S. The predicted molar refractivity (Wildman–Crippen MR) is 60.7 cm³/mol. The Morgan fingerprint density at radius 1 is 1.47 bits per heavy atom. The number of carboxylic acid groups (broad SMARTS) is 1. The number of carbonyl (C=O) groups is 2. The van der Waals surface area contributed by atoms with Gasteiger partial charge in [0.05, 0.1) is 5.56 Å². The molecule has 0 aliphatic rings. The number of hydrogen-bond acceptors (Lipinski definition) is 4. The van der Waals surface area contributed by atoms with Gasteiger partial charge in [0, 0.05) is 24.6 Å². The first-order valence-electron chi connectivity index (χ1n) is 4.20. The molecule has 4 nitrogen and oxygen atoms in total. The molecule has 0 aliphatic heterocycles. The van der Waals surface area contributed by atoms with E-state index in [0.717, 1.165) is 0 Å². The van der Waals surface area contributed by atoms with E-state index in [9.17, 15) is 9.59 Å². The molecule has 80 valence electrons. The van der Waals surface area contributed by atoms with Crippen molar-refractivity contribution in [3.63, 3.8) is 0 Å². The molecule has 0 aliphatic carbocycles. The SMILES string of the molecule is CSN(C)c1cc(C=O)cc(C(=O)O)c1. The predicted octanol–water partition coefficient (Wildman–Crippen LogP) is 1.91. The van der Waals surface area contributed by atoms with Gasteiger partial charge in [0.2, 0.25) is 0 Å². The number of aldehydes is 1. The van der Waals surface area contributed by atoms with Gasteiger partial charge in [0.15, 0.2) is 0 Å². The van der Waals surface area contributed by atoms with Crippen LogP contribution in [0.4, 0.5) is 5.69 Å². The first kappa shape index (κ1) is 11.6. The minimum Gasteiger partial charge on any atom is -0.478 e. The van der Waals surface area contributed by atoms with E-state index in [4.69, 9.17) is 5.11 Å². The molecule has 0 aromatic heterocycles. The smallest absolute Gasteiger partial charge is 0.335 e. The van der Waals surface area contributed by atoms with Gasteiger partial charge in [-0.15, -0.1) is 0 Å². The fourth-order valence-electron chi connectivity index (χ4n) is 1.11. The van der Waals surface area contributed by atoms with Crippen molar-refractivity contribution in [1.29, 1.82) is 0 Å². The third-order valence-corrected chi connectivity index (χ3v) is 2.72. The van der Waals surface area contributed by atoms with Gasteiger partial charge >= 0.3 is 5.97 Å². The van der Waals surface area contributed by atoms with Crippen molar-refractivity contribution in [2.45, 2.75) is 0 Å². The summed E-state index contributed by atoms with van der Waals surface area (Å²) in [7, 11) is 1.81. The van der Waals surface area contributed by atoms with E-state index in [2.05, 4.69) is 0 Å². The van der Waals surface area contributed by atoms with Gasteiger partial charge in [0.25, 0.3) is 0 Å². The Balaban J connectivity index is 3.22. The Labute approximate surface area is 92.0 Å². The van der Waals surface area contributed by atoms with Gasteiger partial charge in [0.1, 0.15) is 6.29 Å². The molecule has 0 amide bonds. The molecule has 15 heavy (non-hydrogen) atoms. The van der Waals surface area contributed by atoms with E-state index >= 15 is 0 Å². The van der Waals surface area contributed by atoms with Crippen LogP contribution in [0.5, 0.6) is 0 Å². The number of hydrogen-bond donors (Lipinski definition) is 1. The molecule has 0 spiro atoms. The lowest BCUT2D eigenvalue weighted by Crippen LogP contribution is -2.07. The van der Waals surface area contributed by atoms with Crippen LogP contribution in [0, 0.1) is 0 Å².